The van der Waals surface area contributed by atoms with E-state index in [2.05, 4.69) is 22.3 Å². The number of fused-ring (bicyclic) bond motifs is 1. The van der Waals surface area contributed by atoms with Crippen molar-refractivity contribution >= 4 is 39.1 Å². The highest BCUT2D eigenvalue weighted by Gasteiger charge is 2.19. The number of thiophene rings is 1. The first-order valence-electron chi connectivity index (χ1n) is 11.4. The second-order valence-electron chi connectivity index (χ2n) is 8.66. The molecule has 0 saturated heterocycles. The van der Waals surface area contributed by atoms with Gasteiger partial charge in [-0.25, -0.2) is 0 Å². The molecular formula is C27H28ClN3O3S. The maximum Gasteiger partial charge on any atom is 0.257 e. The molecule has 8 heteroatoms. The van der Waals surface area contributed by atoms with Crippen molar-refractivity contribution in [3.05, 3.63) is 104 Å². The molecule has 4 rings (SSSR count). The van der Waals surface area contributed by atoms with E-state index < -0.39 is 5.91 Å². The van der Waals surface area contributed by atoms with E-state index in [1.165, 1.54) is 11.3 Å². The van der Waals surface area contributed by atoms with E-state index in [9.17, 15) is 14.7 Å². The Labute approximate surface area is 213 Å². The van der Waals surface area contributed by atoms with E-state index in [4.69, 9.17) is 11.6 Å². The van der Waals surface area contributed by atoms with Gasteiger partial charge in [0.2, 0.25) is 5.43 Å². The third-order valence-electron chi connectivity index (χ3n) is 6.08. The molecule has 0 bridgehead atoms. The normalized spacial score (nSPS) is 12.3. The van der Waals surface area contributed by atoms with Crippen LogP contribution in [0.1, 0.15) is 26.4 Å². The fourth-order valence-corrected chi connectivity index (χ4v) is 5.38. The summed E-state index contributed by atoms with van der Waals surface area (Å²) in [4.78, 5) is 29.1. The van der Waals surface area contributed by atoms with Crippen molar-refractivity contribution in [2.75, 3.05) is 13.7 Å². The molecule has 0 saturated carbocycles. The van der Waals surface area contributed by atoms with E-state index >= 15 is 0 Å². The smallest absolute Gasteiger partial charge is 0.257 e. The molecule has 182 valence electrons. The summed E-state index contributed by atoms with van der Waals surface area (Å²) >= 11 is 7.31. The number of aryl methyl sites for hydroxylation is 1. The number of likely N-dealkylation sites (N-methyl/N-ethyl adjacent to an activating group) is 1. The zero-order chi connectivity index (χ0) is 24.9. The SMILES string of the molecule is CN(Cc1cc2c(s1)c(=O)c(C(=O)NCc1ccc(Cl)cc1)cn2C)C(CO)Cc1ccccc1. The third-order valence-corrected chi connectivity index (χ3v) is 7.44. The van der Waals surface area contributed by atoms with Gasteiger partial charge < -0.3 is 15.0 Å². The summed E-state index contributed by atoms with van der Waals surface area (Å²) in [5.41, 5.74) is 2.70. The molecule has 0 spiro atoms. The number of pyridine rings is 1. The molecule has 6 nitrogen and oxygen atoms in total. The Bertz CT molecular complexity index is 1370. The number of hydrogen-bond donors (Lipinski definition) is 2. The highest BCUT2D eigenvalue weighted by molar-refractivity contribution is 7.19. The van der Waals surface area contributed by atoms with Crippen molar-refractivity contribution in [1.82, 2.24) is 14.8 Å². The standard InChI is InChI=1S/C27H28ClN3O3S/c1-30(21(17-32)12-18-6-4-3-5-7-18)15-22-13-24-26(35-22)25(33)23(16-31(24)2)27(34)29-14-19-8-10-20(28)11-9-19/h3-11,13,16,21,32H,12,14-15,17H2,1-2H3,(H,29,34). The van der Waals surface area contributed by atoms with E-state index in [-0.39, 0.29) is 23.6 Å². The quantitative estimate of drug-likeness (QED) is 0.354. The lowest BCUT2D eigenvalue weighted by Gasteiger charge is -2.26. The molecule has 35 heavy (non-hydrogen) atoms. The lowest BCUT2D eigenvalue weighted by atomic mass is 10.1. The van der Waals surface area contributed by atoms with Gasteiger partial charge in [0.15, 0.2) is 0 Å². The number of nitrogens with zero attached hydrogens (tertiary/aromatic N) is 2. The van der Waals surface area contributed by atoms with Crippen LogP contribution in [0.4, 0.5) is 0 Å². The number of carbonyl (C=O) groups excluding carboxylic acids is 1. The number of aliphatic hydroxyl groups is 1. The molecule has 4 aromatic rings. The van der Waals surface area contributed by atoms with E-state index in [0.29, 0.717) is 22.8 Å². The number of nitrogens with one attached hydrogen (secondary N) is 1. The van der Waals surface area contributed by atoms with Gasteiger partial charge in [0.1, 0.15) is 5.56 Å². The molecule has 1 atom stereocenters. The van der Waals surface area contributed by atoms with E-state index in [0.717, 1.165) is 27.9 Å². The van der Waals surface area contributed by atoms with Crippen LogP contribution < -0.4 is 10.7 Å². The van der Waals surface area contributed by atoms with Crippen LogP contribution in [-0.4, -0.2) is 40.2 Å². The molecule has 2 aromatic heterocycles. The topological polar surface area (TPSA) is 74.6 Å². The molecule has 2 heterocycles. The number of carbonyl (C=O) groups is 1. The summed E-state index contributed by atoms with van der Waals surface area (Å²) in [6.07, 6.45) is 2.32. The first-order chi connectivity index (χ1) is 16.9. The van der Waals surface area contributed by atoms with Gasteiger partial charge in [0.05, 0.1) is 16.8 Å². The van der Waals surface area contributed by atoms with Gasteiger partial charge in [0.25, 0.3) is 5.91 Å². The van der Waals surface area contributed by atoms with E-state index in [1.807, 2.05) is 55.1 Å². The van der Waals surface area contributed by atoms with Gasteiger partial charge in [-0.3, -0.25) is 14.5 Å². The van der Waals surface area contributed by atoms with Gasteiger partial charge in [-0.1, -0.05) is 54.1 Å². The second-order valence-corrected chi connectivity index (χ2v) is 10.2. The van der Waals surface area contributed by atoms with Gasteiger partial charge in [-0.15, -0.1) is 11.3 Å². The Balaban J connectivity index is 1.50. The number of halogens is 1. The number of hydrogen-bond acceptors (Lipinski definition) is 5. The summed E-state index contributed by atoms with van der Waals surface area (Å²) in [5.74, 6) is -0.405. The Morgan fingerprint density at radius 1 is 1.14 bits per heavy atom. The minimum Gasteiger partial charge on any atom is -0.395 e. The molecule has 0 aliphatic heterocycles. The summed E-state index contributed by atoms with van der Waals surface area (Å²) < 4.78 is 2.38. The predicted molar refractivity (Wildman–Crippen MR) is 142 cm³/mol. The molecule has 0 fully saturated rings. The Hall–Kier alpha value is -2.97. The van der Waals surface area contributed by atoms with Crippen molar-refractivity contribution in [3.63, 3.8) is 0 Å². The zero-order valence-corrected chi connectivity index (χ0v) is 21.3. The maximum absolute atomic E-state index is 13.2. The Morgan fingerprint density at radius 2 is 1.86 bits per heavy atom. The first kappa shape index (κ1) is 25.1. The fraction of sp³-hybridized carbons (Fsp3) is 0.259. The van der Waals surface area contributed by atoms with E-state index in [1.54, 1.807) is 18.3 Å². The van der Waals surface area contributed by atoms with Crippen LogP contribution in [0.5, 0.6) is 0 Å². The van der Waals surface area contributed by atoms with Crippen LogP contribution >= 0.6 is 22.9 Å². The highest BCUT2D eigenvalue weighted by Crippen LogP contribution is 2.25. The van der Waals surface area contributed by atoms with Crippen LogP contribution in [0.2, 0.25) is 5.02 Å². The molecule has 2 N–H and O–H groups in total. The number of aliphatic hydroxyl groups excluding tert-OH is 1. The molecule has 1 unspecified atom stereocenters. The van der Waals surface area contributed by atoms with Crippen LogP contribution in [-0.2, 0) is 26.6 Å². The number of amides is 1. The Kier molecular flexibility index (Phi) is 8.03. The first-order valence-corrected chi connectivity index (χ1v) is 12.5. The van der Waals surface area contributed by atoms with Crippen LogP contribution in [0.3, 0.4) is 0 Å². The van der Waals surface area contributed by atoms with Crippen molar-refractivity contribution < 1.29 is 9.90 Å². The monoisotopic (exact) mass is 509 g/mol. The summed E-state index contributed by atoms with van der Waals surface area (Å²) in [6.45, 7) is 0.936. The number of benzene rings is 2. The van der Waals surface area contributed by atoms with Gasteiger partial charge >= 0.3 is 0 Å². The Morgan fingerprint density at radius 3 is 2.54 bits per heavy atom. The summed E-state index contributed by atoms with van der Waals surface area (Å²) in [7, 11) is 3.81. The van der Waals surface area contributed by atoms with Crippen LogP contribution in [0.25, 0.3) is 10.2 Å². The lowest BCUT2D eigenvalue weighted by Crippen LogP contribution is -2.35. The third kappa shape index (κ3) is 6.00. The number of aromatic nitrogens is 1. The van der Waals surface area contributed by atoms with Gasteiger partial charge in [0, 0.05) is 42.3 Å². The number of rotatable bonds is 9. The van der Waals surface area contributed by atoms with Gasteiger partial charge in [-0.05, 0) is 42.8 Å². The fourth-order valence-electron chi connectivity index (χ4n) is 4.04. The average molecular weight is 510 g/mol. The molecule has 0 aliphatic rings. The largest absolute Gasteiger partial charge is 0.395 e. The highest BCUT2D eigenvalue weighted by atomic mass is 35.5. The second kappa shape index (κ2) is 11.2. The zero-order valence-electron chi connectivity index (χ0n) is 19.7. The molecule has 1 amide bonds. The predicted octanol–water partition coefficient (Wildman–Crippen LogP) is 4.22. The lowest BCUT2D eigenvalue weighted by molar-refractivity contribution is 0.0949. The van der Waals surface area contributed by atoms with Crippen molar-refractivity contribution in [2.24, 2.45) is 7.05 Å². The molecule has 0 aliphatic carbocycles. The summed E-state index contributed by atoms with van der Waals surface area (Å²) in [5, 5.41) is 13.4. The van der Waals surface area contributed by atoms with Crippen molar-refractivity contribution in [1.29, 1.82) is 0 Å². The van der Waals surface area contributed by atoms with Crippen molar-refractivity contribution in [2.45, 2.75) is 25.6 Å². The summed E-state index contributed by atoms with van der Waals surface area (Å²) in [6, 6.07) is 19.2. The minimum absolute atomic E-state index is 0.0365. The average Bonchev–Trinajstić information content (AvgIpc) is 3.29. The molecule has 0 radical (unpaired) electrons. The molecular weight excluding hydrogens is 482 g/mol. The van der Waals surface area contributed by atoms with Crippen LogP contribution in [0.15, 0.2) is 71.7 Å². The minimum atomic E-state index is -0.405. The van der Waals surface area contributed by atoms with Crippen molar-refractivity contribution in [3.8, 4) is 0 Å². The maximum atomic E-state index is 13.2. The molecule has 2 aromatic carbocycles. The van der Waals surface area contributed by atoms with Gasteiger partial charge in [-0.2, -0.15) is 0 Å². The van der Waals surface area contributed by atoms with Crippen LogP contribution in [0, 0.1) is 0 Å².